The third-order valence-corrected chi connectivity index (χ3v) is 4.02. The third kappa shape index (κ3) is 5.48. The molecule has 0 bridgehead atoms. The van der Waals surface area contributed by atoms with Crippen LogP contribution in [0.25, 0.3) is 0 Å². The van der Waals surface area contributed by atoms with Gasteiger partial charge < -0.3 is 15.1 Å². The van der Waals surface area contributed by atoms with Gasteiger partial charge in [-0.15, -0.1) is 0 Å². The lowest BCUT2D eigenvalue weighted by molar-refractivity contribution is -0.122. The van der Waals surface area contributed by atoms with Crippen LogP contribution in [0.2, 0.25) is 0 Å². The van der Waals surface area contributed by atoms with E-state index in [9.17, 15) is 9.59 Å². The van der Waals surface area contributed by atoms with Gasteiger partial charge in [0.1, 0.15) is 6.04 Å². The third-order valence-electron chi connectivity index (χ3n) is 4.02. The van der Waals surface area contributed by atoms with E-state index in [1.165, 1.54) is 17.4 Å². The molecule has 0 radical (unpaired) electrons. The van der Waals surface area contributed by atoms with Crippen molar-refractivity contribution in [2.45, 2.75) is 45.6 Å². The van der Waals surface area contributed by atoms with E-state index in [0.717, 1.165) is 6.42 Å². The Labute approximate surface area is 148 Å². The first-order valence-corrected chi connectivity index (χ1v) is 8.49. The zero-order valence-corrected chi connectivity index (χ0v) is 15.3. The summed E-state index contributed by atoms with van der Waals surface area (Å²) >= 11 is 0. The highest BCUT2D eigenvalue weighted by molar-refractivity contribution is 5.95. The van der Waals surface area contributed by atoms with Crippen molar-refractivity contribution in [1.29, 1.82) is 0 Å². The first-order valence-electron chi connectivity index (χ1n) is 8.49. The molecule has 0 aliphatic carbocycles. The minimum Gasteiger partial charge on any atom is -0.459 e. The van der Waals surface area contributed by atoms with Gasteiger partial charge >= 0.3 is 0 Å². The molecule has 0 saturated heterocycles. The Bertz CT molecular complexity index is 698. The Balaban J connectivity index is 1.77. The highest BCUT2D eigenvalue weighted by atomic mass is 16.3. The maximum Gasteiger partial charge on any atom is 0.287 e. The van der Waals surface area contributed by atoms with E-state index < -0.39 is 11.9 Å². The van der Waals surface area contributed by atoms with E-state index in [1.54, 1.807) is 19.1 Å². The van der Waals surface area contributed by atoms with E-state index in [0.29, 0.717) is 6.54 Å². The number of benzene rings is 1. The monoisotopic (exact) mass is 342 g/mol. The number of furan rings is 1. The fraction of sp³-hybridized carbons (Fsp3) is 0.400. The number of rotatable bonds is 6. The Morgan fingerprint density at radius 1 is 1.12 bits per heavy atom. The van der Waals surface area contributed by atoms with Crippen LogP contribution in [0, 0.1) is 0 Å². The smallest absolute Gasteiger partial charge is 0.287 e. The van der Waals surface area contributed by atoms with Crippen molar-refractivity contribution < 1.29 is 14.0 Å². The van der Waals surface area contributed by atoms with Crippen LogP contribution in [0.1, 0.15) is 49.4 Å². The molecule has 2 rings (SSSR count). The van der Waals surface area contributed by atoms with Crippen LogP contribution >= 0.6 is 0 Å². The standard InChI is InChI=1S/C20H26N2O3/c1-14(22-19(24)17-6-5-13-25-17)18(23)21-12-11-15-7-9-16(10-8-15)20(2,3)4/h5-10,13-14H,11-12H2,1-4H3,(H,21,23)(H,22,24). The molecule has 0 fully saturated rings. The highest BCUT2D eigenvalue weighted by Gasteiger charge is 2.17. The highest BCUT2D eigenvalue weighted by Crippen LogP contribution is 2.22. The van der Waals surface area contributed by atoms with E-state index in [1.807, 2.05) is 0 Å². The fourth-order valence-electron chi connectivity index (χ4n) is 2.40. The Morgan fingerprint density at radius 3 is 2.36 bits per heavy atom. The molecule has 1 unspecified atom stereocenters. The number of hydrogen-bond acceptors (Lipinski definition) is 3. The first kappa shape index (κ1) is 18.8. The summed E-state index contributed by atoms with van der Waals surface area (Å²) in [4.78, 5) is 23.9. The summed E-state index contributed by atoms with van der Waals surface area (Å²) in [5, 5.41) is 5.45. The molecule has 5 nitrogen and oxygen atoms in total. The maximum atomic E-state index is 12.1. The van der Waals surface area contributed by atoms with Crippen LogP contribution in [0.4, 0.5) is 0 Å². The Kier molecular flexibility index (Phi) is 6.02. The summed E-state index contributed by atoms with van der Waals surface area (Å²) in [6, 6.07) is 11.0. The average Bonchev–Trinajstić information content (AvgIpc) is 3.09. The second-order valence-electron chi connectivity index (χ2n) is 7.16. The van der Waals surface area contributed by atoms with Crippen LogP contribution < -0.4 is 10.6 Å². The molecule has 0 aliphatic heterocycles. The van der Waals surface area contributed by atoms with Gasteiger partial charge in [-0.3, -0.25) is 9.59 Å². The van der Waals surface area contributed by atoms with Gasteiger partial charge in [0, 0.05) is 6.54 Å². The number of carbonyl (C=O) groups excluding carboxylic acids is 2. The van der Waals surface area contributed by atoms with Crippen LogP contribution in [-0.2, 0) is 16.6 Å². The lowest BCUT2D eigenvalue weighted by Crippen LogP contribution is -2.45. The summed E-state index contributed by atoms with van der Waals surface area (Å²) < 4.78 is 5.00. The fourth-order valence-corrected chi connectivity index (χ4v) is 2.40. The van der Waals surface area contributed by atoms with Gasteiger partial charge in [-0.2, -0.15) is 0 Å². The van der Waals surface area contributed by atoms with Gasteiger partial charge in [-0.25, -0.2) is 0 Å². The molecule has 134 valence electrons. The average molecular weight is 342 g/mol. The number of amides is 2. The largest absolute Gasteiger partial charge is 0.459 e. The van der Waals surface area contributed by atoms with Crippen molar-refractivity contribution in [3.05, 3.63) is 59.5 Å². The second kappa shape index (κ2) is 8.01. The van der Waals surface area contributed by atoms with E-state index in [4.69, 9.17) is 4.42 Å². The maximum absolute atomic E-state index is 12.1. The quantitative estimate of drug-likeness (QED) is 0.847. The summed E-state index contributed by atoms with van der Waals surface area (Å²) in [5.41, 5.74) is 2.59. The normalized spacial score (nSPS) is 12.5. The molecule has 25 heavy (non-hydrogen) atoms. The van der Waals surface area contributed by atoms with Gasteiger partial charge in [0.25, 0.3) is 5.91 Å². The molecule has 2 N–H and O–H groups in total. The van der Waals surface area contributed by atoms with Crippen LogP contribution in [0.15, 0.2) is 47.1 Å². The molecular formula is C20H26N2O3. The zero-order valence-electron chi connectivity index (χ0n) is 15.3. The lowest BCUT2D eigenvalue weighted by atomic mass is 9.86. The summed E-state index contributed by atoms with van der Waals surface area (Å²) in [6.45, 7) is 8.71. The summed E-state index contributed by atoms with van der Waals surface area (Å²) in [6.07, 6.45) is 2.17. The van der Waals surface area contributed by atoms with Crippen LogP contribution in [-0.4, -0.2) is 24.4 Å². The van der Waals surface area contributed by atoms with E-state index >= 15 is 0 Å². The van der Waals surface area contributed by atoms with E-state index in [2.05, 4.69) is 55.7 Å². The lowest BCUT2D eigenvalue weighted by Gasteiger charge is -2.19. The minimum absolute atomic E-state index is 0.133. The van der Waals surface area contributed by atoms with Crippen LogP contribution in [0.3, 0.4) is 0 Å². The SMILES string of the molecule is CC(NC(=O)c1ccco1)C(=O)NCCc1ccc(C(C)(C)C)cc1. The van der Waals surface area contributed by atoms with Crippen molar-refractivity contribution in [3.63, 3.8) is 0 Å². The van der Waals surface area contributed by atoms with Gasteiger partial charge in [-0.05, 0) is 42.0 Å². The molecule has 1 atom stereocenters. The van der Waals surface area contributed by atoms with Gasteiger partial charge in [-0.1, -0.05) is 45.0 Å². The molecule has 1 heterocycles. The van der Waals surface area contributed by atoms with Crippen molar-refractivity contribution in [2.75, 3.05) is 6.54 Å². The van der Waals surface area contributed by atoms with Crippen molar-refractivity contribution >= 4 is 11.8 Å². The molecule has 1 aromatic carbocycles. The van der Waals surface area contributed by atoms with Crippen molar-refractivity contribution in [1.82, 2.24) is 10.6 Å². The van der Waals surface area contributed by atoms with Crippen molar-refractivity contribution in [3.8, 4) is 0 Å². The first-order chi connectivity index (χ1) is 11.8. The molecule has 0 spiro atoms. The van der Waals surface area contributed by atoms with Crippen LogP contribution in [0.5, 0.6) is 0 Å². The predicted octanol–water partition coefficient (Wildman–Crippen LogP) is 3.05. The number of nitrogens with one attached hydrogen (secondary N) is 2. The second-order valence-corrected chi connectivity index (χ2v) is 7.16. The predicted molar refractivity (Wildman–Crippen MR) is 97.5 cm³/mol. The summed E-state index contributed by atoms with van der Waals surface area (Å²) in [7, 11) is 0. The molecule has 0 aliphatic rings. The molecular weight excluding hydrogens is 316 g/mol. The molecule has 2 aromatic rings. The Morgan fingerprint density at radius 2 is 1.80 bits per heavy atom. The molecule has 0 saturated carbocycles. The molecule has 2 amide bonds. The van der Waals surface area contributed by atoms with Gasteiger partial charge in [0.15, 0.2) is 5.76 Å². The molecule has 5 heteroatoms. The Hall–Kier alpha value is -2.56. The topological polar surface area (TPSA) is 71.3 Å². The number of hydrogen-bond donors (Lipinski definition) is 2. The van der Waals surface area contributed by atoms with Crippen molar-refractivity contribution in [2.24, 2.45) is 0 Å². The van der Waals surface area contributed by atoms with Gasteiger partial charge in [0.2, 0.25) is 5.91 Å². The zero-order chi connectivity index (χ0) is 18.4. The minimum atomic E-state index is -0.624. The summed E-state index contributed by atoms with van der Waals surface area (Å²) in [5.74, 6) is -0.421. The molecule has 1 aromatic heterocycles. The van der Waals surface area contributed by atoms with E-state index in [-0.39, 0.29) is 17.1 Å². The number of carbonyl (C=O) groups is 2. The van der Waals surface area contributed by atoms with Gasteiger partial charge in [0.05, 0.1) is 6.26 Å².